The Bertz CT molecular complexity index is 739. The lowest BCUT2D eigenvalue weighted by atomic mass is 9.77. The third-order valence-electron chi connectivity index (χ3n) is 4.40. The highest BCUT2D eigenvalue weighted by Gasteiger charge is 2.55. The van der Waals surface area contributed by atoms with Gasteiger partial charge in [0.25, 0.3) is 5.91 Å². The Hall–Kier alpha value is -2.34. The summed E-state index contributed by atoms with van der Waals surface area (Å²) < 4.78 is 11.1. The molecule has 0 radical (unpaired) electrons. The van der Waals surface area contributed by atoms with E-state index in [1.807, 2.05) is 44.2 Å². The maximum Gasteiger partial charge on any atom is 0.261 e. The normalized spacial score (nSPS) is 25.1. The fraction of sp³-hybridized carbons (Fsp3) is 0.444. The molecule has 0 aromatic heterocycles. The molecule has 1 amide bonds. The number of carbonyl (C=O) groups excluding carboxylic acids is 1. The molecule has 1 aromatic rings. The van der Waals surface area contributed by atoms with Gasteiger partial charge in [-0.1, -0.05) is 18.2 Å². The first-order chi connectivity index (χ1) is 11.3. The van der Waals surface area contributed by atoms with Crippen LogP contribution in [0.1, 0.15) is 31.4 Å². The summed E-state index contributed by atoms with van der Waals surface area (Å²) in [5.41, 5.74) is 6.14. The fourth-order valence-electron chi connectivity index (χ4n) is 3.38. The van der Waals surface area contributed by atoms with Crippen molar-refractivity contribution < 1.29 is 14.3 Å². The van der Waals surface area contributed by atoms with Gasteiger partial charge in [0.1, 0.15) is 11.4 Å². The molecule has 2 aliphatic heterocycles. The zero-order valence-corrected chi connectivity index (χ0v) is 14.5. The summed E-state index contributed by atoms with van der Waals surface area (Å²) in [7, 11) is 3.30. The van der Waals surface area contributed by atoms with Crippen LogP contribution in [0.4, 0.5) is 0 Å². The highest BCUT2D eigenvalue weighted by atomic mass is 16.5. The summed E-state index contributed by atoms with van der Waals surface area (Å²) >= 11 is 0. The van der Waals surface area contributed by atoms with Gasteiger partial charge in [-0.25, -0.2) is 4.99 Å². The smallest absolute Gasteiger partial charge is 0.261 e. The van der Waals surface area contributed by atoms with Gasteiger partial charge < -0.3 is 15.2 Å². The lowest BCUT2D eigenvalue weighted by Gasteiger charge is -2.41. The van der Waals surface area contributed by atoms with Crippen LogP contribution in [0.5, 0.6) is 5.75 Å². The number of benzene rings is 1. The van der Waals surface area contributed by atoms with Crippen molar-refractivity contribution in [1.29, 1.82) is 0 Å². The van der Waals surface area contributed by atoms with E-state index in [2.05, 4.69) is 4.99 Å². The Labute approximate surface area is 141 Å². The van der Waals surface area contributed by atoms with E-state index in [1.165, 1.54) is 4.90 Å². The number of nitrogens with two attached hydrogens (primary N) is 1. The minimum atomic E-state index is -1.01. The van der Waals surface area contributed by atoms with Gasteiger partial charge in [0, 0.05) is 26.1 Å². The highest BCUT2D eigenvalue weighted by molar-refractivity contribution is 6.07. The maximum absolute atomic E-state index is 13.0. The van der Waals surface area contributed by atoms with E-state index >= 15 is 0 Å². The molecule has 1 atom stereocenters. The van der Waals surface area contributed by atoms with Gasteiger partial charge in [-0.05, 0) is 31.5 Å². The van der Waals surface area contributed by atoms with Gasteiger partial charge >= 0.3 is 0 Å². The quantitative estimate of drug-likeness (QED) is 0.918. The molecule has 24 heavy (non-hydrogen) atoms. The third-order valence-corrected chi connectivity index (χ3v) is 4.40. The largest absolute Gasteiger partial charge is 0.487 e. The Morgan fingerprint density at radius 1 is 1.46 bits per heavy atom. The van der Waals surface area contributed by atoms with Crippen molar-refractivity contribution in [1.82, 2.24) is 4.90 Å². The molecule has 1 aromatic carbocycles. The molecule has 6 nitrogen and oxygen atoms in total. The second-order valence-corrected chi connectivity index (χ2v) is 6.85. The van der Waals surface area contributed by atoms with Crippen molar-refractivity contribution in [2.75, 3.05) is 20.8 Å². The van der Waals surface area contributed by atoms with E-state index in [0.717, 1.165) is 11.1 Å². The van der Waals surface area contributed by atoms with Crippen molar-refractivity contribution in [2.45, 2.75) is 31.4 Å². The van der Waals surface area contributed by atoms with E-state index < -0.39 is 11.1 Å². The minimum absolute atomic E-state index is 0.115. The SMILES string of the molecule is COCC=Cc1ccc2c(c1)C1(CC(C)(C)O2)N=C(N)N(C)C1=O. The van der Waals surface area contributed by atoms with Crippen molar-refractivity contribution in [3.63, 3.8) is 0 Å². The highest BCUT2D eigenvalue weighted by Crippen LogP contribution is 2.49. The molecule has 2 heterocycles. The van der Waals surface area contributed by atoms with Crippen LogP contribution < -0.4 is 10.5 Å². The number of guanidine groups is 1. The number of nitrogens with zero attached hydrogens (tertiary/aromatic N) is 2. The molecule has 0 bridgehead atoms. The first kappa shape index (κ1) is 16.5. The van der Waals surface area contributed by atoms with Gasteiger partial charge in [-0.15, -0.1) is 0 Å². The number of hydrogen-bond acceptors (Lipinski definition) is 5. The Morgan fingerprint density at radius 3 is 2.83 bits per heavy atom. The number of amides is 1. The summed E-state index contributed by atoms with van der Waals surface area (Å²) in [6.45, 7) is 4.45. The van der Waals surface area contributed by atoms with Gasteiger partial charge in [0.15, 0.2) is 11.5 Å². The van der Waals surface area contributed by atoms with E-state index in [-0.39, 0.29) is 11.9 Å². The molecule has 1 spiro atoms. The molecular weight excluding hydrogens is 306 g/mol. The molecule has 2 aliphatic rings. The average Bonchev–Trinajstić information content (AvgIpc) is 2.72. The summed E-state index contributed by atoms with van der Waals surface area (Å²) in [6, 6.07) is 5.79. The minimum Gasteiger partial charge on any atom is -0.487 e. The first-order valence-electron chi connectivity index (χ1n) is 7.92. The molecule has 0 aliphatic carbocycles. The molecule has 0 fully saturated rings. The summed E-state index contributed by atoms with van der Waals surface area (Å²) in [4.78, 5) is 18.9. The molecular formula is C18H23N3O3. The molecule has 2 N–H and O–H groups in total. The average molecular weight is 329 g/mol. The predicted molar refractivity (Wildman–Crippen MR) is 92.7 cm³/mol. The van der Waals surface area contributed by atoms with Gasteiger partial charge in [0.05, 0.1) is 6.61 Å². The number of hydrogen-bond donors (Lipinski definition) is 1. The van der Waals surface area contributed by atoms with E-state index in [9.17, 15) is 4.79 Å². The monoisotopic (exact) mass is 329 g/mol. The van der Waals surface area contributed by atoms with Crippen LogP contribution in [0.3, 0.4) is 0 Å². The zero-order valence-electron chi connectivity index (χ0n) is 14.5. The topological polar surface area (TPSA) is 77.2 Å². The summed E-state index contributed by atoms with van der Waals surface area (Å²) in [5.74, 6) is 0.801. The standard InChI is InChI=1S/C18H23N3O3/c1-17(2)11-18(15(22)21(3)16(19)20-18)13-10-12(6-5-9-23-4)7-8-14(13)24-17/h5-8,10H,9,11H2,1-4H3,(H2,19,20). The van der Waals surface area contributed by atoms with E-state index in [1.54, 1.807) is 14.2 Å². The number of fused-ring (bicyclic) bond motifs is 2. The van der Waals surface area contributed by atoms with Gasteiger partial charge in [-0.2, -0.15) is 0 Å². The van der Waals surface area contributed by atoms with Gasteiger partial charge in [-0.3, -0.25) is 9.69 Å². The Kier molecular flexibility index (Phi) is 3.87. The molecule has 6 heteroatoms. The number of aliphatic imine (C=N–C) groups is 1. The number of ether oxygens (including phenoxy) is 2. The number of rotatable bonds is 3. The fourth-order valence-corrected chi connectivity index (χ4v) is 3.38. The molecule has 3 rings (SSSR count). The van der Waals surface area contributed by atoms with Crippen LogP contribution in [-0.2, 0) is 15.1 Å². The second-order valence-electron chi connectivity index (χ2n) is 6.85. The maximum atomic E-state index is 13.0. The third kappa shape index (κ3) is 2.57. The molecule has 1 unspecified atom stereocenters. The second kappa shape index (κ2) is 5.63. The van der Waals surface area contributed by atoms with Crippen molar-refractivity contribution in [3.05, 3.63) is 35.4 Å². The predicted octanol–water partition coefficient (Wildman–Crippen LogP) is 1.89. The molecule has 0 saturated carbocycles. The van der Waals surface area contributed by atoms with Crippen molar-refractivity contribution in [3.8, 4) is 5.75 Å². The van der Waals surface area contributed by atoms with Crippen LogP contribution in [0, 0.1) is 0 Å². The van der Waals surface area contributed by atoms with Crippen LogP contribution in [0.2, 0.25) is 0 Å². The summed E-state index contributed by atoms with van der Waals surface area (Å²) in [5, 5.41) is 0. The van der Waals surface area contributed by atoms with Crippen LogP contribution in [0.25, 0.3) is 6.08 Å². The summed E-state index contributed by atoms with van der Waals surface area (Å²) in [6.07, 6.45) is 4.32. The first-order valence-corrected chi connectivity index (χ1v) is 7.92. The molecule has 0 saturated heterocycles. The Morgan fingerprint density at radius 2 is 2.21 bits per heavy atom. The zero-order chi connectivity index (χ0) is 17.5. The van der Waals surface area contributed by atoms with Crippen LogP contribution in [-0.4, -0.2) is 43.1 Å². The number of methoxy groups -OCH3 is 1. The van der Waals surface area contributed by atoms with Gasteiger partial charge in [0.2, 0.25) is 0 Å². The lowest BCUT2D eigenvalue weighted by molar-refractivity contribution is -0.133. The van der Waals surface area contributed by atoms with E-state index in [4.69, 9.17) is 15.2 Å². The number of carbonyl (C=O) groups is 1. The number of likely N-dealkylation sites (N-methyl/N-ethyl adjacent to an activating group) is 1. The lowest BCUT2D eigenvalue weighted by Crippen LogP contribution is -2.49. The van der Waals surface area contributed by atoms with Crippen LogP contribution in [0.15, 0.2) is 29.3 Å². The Balaban J connectivity index is 2.13. The van der Waals surface area contributed by atoms with E-state index in [0.29, 0.717) is 18.8 Å². The van der Waals surface area contributed by atoms with Crippen LogP contribution >= 0.6 is 0 Å². The van der Waals surface area contributed by atoms with Crippen molar-refractivity contribution in [2.24, 2.45) is 10.7 Å². The molecule has 128 valence electrons. The van der Waals surface area contributed by atoms with Crippen molar-refractivity contribution >= 4 is 17.9 Å².